The first-order chi connectivity index (χ1) is 9.54. The van der Waals surface area contributed by atoms with Crippen LogP contribution in [0.25, 0.3) is 0 Å². The minimum absolute atomic E-state index is 0.334. The van der Waals surface area contributed by atoms with Crippen LogP contribution in [0.1, 0.15) is 32.2 Å². The average molecular weight is 274 g/mol. The summed E-state index contributed by atoms with van der Waals surface area (Å²) in [6.45, 7) is 6.09. The van der Waals surface area contributed by atoms with Crippen molar-refractivity contribution in [2.75, 3.05) is 6.61 Å². The van der Waals surface area contributed by atoms with Crippen molar-refractivity contribution in [1.82, 2.24) is 20.2 Å². The number of tetrazole rings is 1. The smallest absolute Gasteiger partial charge is 0.319 e. The van der Waals surface area contributed by atoms with Crippen molar-refractivity contribution in [2.45, 2.75) is 32.7 Å². The molecule has 0 spiro atoms. The van der Waals surface area contributed by atoms with Crippen LogP contribution in [0.4, 0.5) is 0 Å². The monoisotopic (exact) mass is 274 g/mol. The zero-order valence-electron chi connectivity index (χ0n) is 11.9. The Hall–Kier alpha value is -2.24. The minimum atomic E-state index is -0.898. The number of hydrogen-bond acceptors (Lipinski definition) is 5. The van der Waals surface area contributed by atoms with Crippen LogP contribution in [-0.2, 0) is 21.5 Å². The van der Waals surface area contributed by atoms with Gasteiger partial charge < -0.3 is 4.74 Å². The molecule has 0 N–H and O–H groups in total. The molecule has 1 aromatic carbocycles. The van der Waals surface area contributed by atoms with Crippen molar-refractivity contribution in [3.05, 3.63) is 41.7 Å². The molecule has 6 heteroatoms. The molecule has 0 atom stereocenters. The maximum absolute atomic E-state index is 11.9. The first-order valence-corrected chi connectivity index (χ1v) is 6.53. The van der Waals surface area contributed by atoms with Gasteiger partial charge in [0.2, 0.25) is 0 Å². The van der Waals surface area contributed by atoms with E-state index < -0.39 is 5.41 Å². The van der Waals surface area contributed by atoms with Gasteiger partial charge in [-0.2, -0.15) is 4.80 Å². The molecule has 0 aliphatic rings. The van der Waals surface area contributed by atoms with Crippen LogP contribution in [0.2, 0.25) is 0 Å². The van der Waals surface area contributed by atoms with Gasteiger partial charge in [0.1, 0.15) is 5.41 Å². The normalized spacial score (nSPS) is 11.3. The standard InChI is InChI=1S/C14H18N4O2/c1-4-20-13(19)14(2,3)12-15-17-18(16-12)10-11-8-6-5-7-9-11/h5-9H,4,10H2,1-3H3. The molecule has 106 valence electrons. The van der Waals surface area contributed by atoms with E-state index in [0.717, 1.165) is 5.56 Å². The zero-order chi connectivity index (χ0) is 14.6. The molecule has 2 rings (SSSR count). The highest BCUT2D eigenvalue weighted by Gasteiger charge is 2.36. The molecule has 0 radical (unpaired) electrons. The molecule has 20 heavy (non-hydrogen) atoms. The van der Waals surface area contributed by atoms with Crippen molar-refractivity contribution in [3.8, 4) is 0 Å². The molecule has 0 amide bonds. The van der Waals surface area contributed by atoms with E-state index in [4.69, 9.17) is 4.74 Å². The van der Waals surface area contributed by atoms with E-state index in [1.807, 2.05) is 30.3 Å². The number of rotatable bonds is 5. The number of carbonyl (C=O) groups excluding carboxylic acids is 1. The summed E-state index contributed by atoms with van der Waals surface area (Å²) in [5.74, 6) is 0.0196. The predicted molar refractivity (Wildman–Crippen MR) is 73.0 cm³/mol. The molecule has 2 aromatic rings. The van der Waals surface area contributed by atoms with E-state index in [9.17, 15) is 4.79 Å². The maximum atomic E-state index is 11.9. The molecule has 0 fully saturated rings. The van der Waals surface area contributed by atoms with Gasteiger partial charge in [-0.25, -0.2) is 0 Å². The summed E-state index contributed by atoms with van der Waals surface area (Å²) < 4.78 is 5.03. The number of benzene rings is 1. The van der Waals surface area contributed by atoms with Crippen LogP contribution < -0.4 is 0 Å². The molecule has 0 saturated carbocycles. The third kappa shape index (κ3) is 3.01. The van der Waals surface area contributed by atoms with Crippen LogP contribution in [0.3, 0.4) is 0 Å². The third-order valence-electron chi connectivity index (χ3n) is 2.96. The van der Waals surface area contributed by atoms with Crippen LogP contribution >= 0.6 is 0 Å². The van der Waals surface area contributed by atoms with Crippen molar-refractivity contribution < 1.29 is 9.53 Å². The van der Waals surface area contributed by atoms with E-state index in [1.54, 1.807) is 20.8 Å². The SMILES string of the molecule is CCOC(=O)C(C)(C)c1nnn(Cc2ccccc2)n1. The van der Waals surface area contributed by atoms with Crippen LogP contribution in [0, 0.1) is 0 Å². The lowest BCUT2D eigenvalue weighted by Crippen LogP contribution is -2.32. The summed E-state index contributed by atoms with van der Waals surface area (Å²) >= 11 is 0. The quantitative estimate of drug-likeness (QED) is 0.774. The Morgan fingerprint density at radius 3 is 2.65 bits per heavy atom. The highest BCUT2D eigenvalue weighted by molar-refractivity contribution is 5.80. The zero-order valence-corrected chi connectivity index (χ0v) is 11.9. The third-order valence-corrected chi connectivity index (χ3v) is 2.96. The number of hydrogen-bond donors (Lipinski definition) is 0. The van der Waals surface area contributed by atoms with Gasteiger partial charge >= 0.3 is 5.97 Å². The fraction of sp³-hybridized carbons (Fsp3) is 0.429. The van der Waals surface area contributed by atoms with Crippen molar-refractivity contribution in [3.63, 3.8) is 0 Å². The lowest BCUT2D eigenvalue weighted by molar-refractivity contribution is -0.149. The van der Waals surface area contributed by atoms with Crippen LogP contribution in [0.15, 0.2) is 30.3 Å². The molecule has 0 aliphatic carbocycles. The summed E-state index contributed by atoms with van der Waals surface area (Å²) in [4.78, 5) is 13.4. The number of esters is 1. The van der Waals surface area contributed by atoms with Gasteiger partial charge in [0, 0.05) is 0 Å². The Morgan fingerprint density at radius 2 is 2.00 bits per heavy atom. The first-order valence-electron chi connectivity index (χ1n) is 6.53. The van der Waals surface area contributed by atoms with Crippen molar-refractivity contribution in [2.24, 2.45) is 0 Å². The second-order valence-corrected chi connectivity index (χ2v) is 4.97. The number of ether oxygens (including phenoxy) is 1. The number of nitrogens with zero attached hydrogens (tertiary/aromatic N) is 4. The molecule has 6 nitrogen and oxygen atoms in total. The Labute approximate surface area is 117 Å². The Balaban J connectivity index is 2.14. The fourth-order valence-corrected chi connectivity index (χ4v) is 1.71. The van der Waals surface area contributed by atoms with Crippen molar-refractivity contribution in [1.29, 1.82) is 0 Å². The van der Waals surface area contributed by atoms with Gasteiger partial charge in [-0.1, -0.05) is 30.3 Å². The topological polar surface area (TPSA) is 69.9 Å². The highest BCUT2D eigenvalue weighted by Crippen LogP contribution is 2.20. The number of carbonyl (C=O) groups is 1. The molecule has 1 aromatic heterocycles. The van der Waals surface area contributed by atoms with E-state index >= 15 is 0 Å². The van der Waals surface area contributed by atoms with E-state index in [0.29, 0.717) is 19.0 Å². The highest BCUT2D eigenvalue weighted by atomic mass is 16.5. The van der Waals surface area contributed by atoms with Gasteiger partial charge in [-0.15, -0.1) is 10.2 Å². The second kappa shape index (κ2) is 5.81. The van der Waals surface area contributed by atoms with Gasteiger partial charge in [-0.3, -0.25) is 4.79 Å². The predicted octanol–water partition coefficient (Wildman–Crippen LogP) is 1.56. The van der Waals surface area contributed by atoms with Gasteiger partial charge in [-0.05, 0) is 31.5 Å². The number of aromatic nitrogens is 4. The molecule has 0 aliphatic heterocycles. The molecule has 0 saturated heterocycles. The summed E-state index contributed by atoms with van der Waals surface area (Å²) in [5, 5.41) is 12.2. The summed E-state index contributed by atoms with van der Waals surface area (Å²) in [6.07, 6.45) is 0. The molecule has 0 unspecified atom stereocenters. The van der Waals surface area contributed by atoms with Gasteiger partial charge in [0.15, 0.2) is 5.82 Å². The second-order valence-electron chi connectivity index (χ2n) is 4.97. The molecular weight excluding hydrogens is 256 g/mol. The molecule has 1 heterocycles. The largest absolute Gasteiger partial charge is 0.465 e. The molecule has 0 bridgehead atoms. The van der Waals surface area contributed by atoms with Crippen LogP contribution in [0.5, 0.6) is 0 Å². The lowest BCUT2D eigenvalue weighted by atomic mass is 9.93. The molecular formula is C14H18N4O2. The summed E-state index contributed by atoms with van der Waals surface area (Å²) in [6, 6.07) is 9.83. The van der Waals surface area contributed by atoms with Gasteiger partial charge in [0.05, 0.1) is 13.2 Å². The Bertz CT molecular complexity index is 578. The van der Waals surface area contributed by atoms with Crippen molar-refractivity contribution >= 4 is 5.97 Å². The Kier molecular flexibility index (Phi) is 4.12. The van der Waals surface area contributed by atoms with Crippen LogP contribution in [-0.4, -0.2) is 32.8 Å². The maximum Gasteiger partial charge on any atom is 0.319 e. The average Bonchev–Trinajstić information content (AvgIpc) is 2.89. The first kappa shape index (κ1) is 14.2. The summed E-state index contributed by atoms with van der Waals surface area (Å²) in [7, 11) is 0. The van der Waals surface area contributed by atoms with E-state index in [2.05, 4.69) is 15.4 Å². The van der Waals surface area contributed by atoms with E-state index in [1.165, 1.54) is 4.80 Å². The van der Waals surface area contributed by atoms with Gasteiger partial charge in [0.25, 0.3) is 0 Å². The van der Waals surface area contributed by atoms with E-state index in [-0.39, 0.29) is 5.97 Å². The summed E-state index contributed by atoms with van der Waals surface area (Å²) in [5.41, 5.74) is 0.177. The lowest BCUT2D eigenvalue weighted by Gasteiger charge is -2.17. The minimum Gasteiger partial charge on any atom is -0.465 e. The Morgan fingerprint density at radius 1 is 1.30 bits per heavy atom. The fourth-order valence-electron chi connectivity index (χ4n) is 1.71.